The van der Waals surface area contributed by atoms with Gasteiger partial charge in [-0.3, -0.25) is 9.59 Å². The molecule has 0 rings (SSSR count). The van der Waals surface area contributed by atoms with Crippen LogP contribution in [0.5, 0.6) is 0 Å². The molecular weight excluding hydrogens is 372 g/mol. The first kappa shape index (κ1) is 29.6. The third-order valence-corrected chi connectivity index (χ3v) is 4.29. The Kier molecular flexibility index (Phi) is 16.5. The average molecular weight is 419 g/mol. The summed E-state index contributed by atoms with van der Waals surface area (Å²) < 4.78 is 5.54. The number of nitrogens with zero attached hydrogens (tertiary/aromatic N) is 1. The van der Waals surface area contributed by atoms with Gasteiger partial charge in [0, 0.05) is 35.0 Å². The number of amides is 2. The number of hydrogen-bond acceptors (Lipinski definition) is 4. The van der Waals surface area contributed by atoms with Crippen molar-refractivity contribution in [2.75, 3.05) is 20.7 Å². The summed E-state index contributed by atoms with van der Waals surface area (Å²) in [6, 6.07) is -0.938. The van der Waals surface area contributed by atoms with Crippen LogP contribution in [0, 0.1) is 5.92 Å². The zero-order valence-electron chi connectivity index (χ0n) is 19.8. The Labute approximate surface area is 179 Å². The van der Waals surface area contributed by atoms with E-state index in [1.165, 1.54) is 19.0 Å². The molecule has 0 heterocycles. The van der Waals surface area contributed by atoms with Crippen LogP contribution in [0.3, 0.4) is 0 Å². The lowest BCUT2D eigenvalue weighted by Crippen LogP contribution is -2.43. The molecular formula is C22H46N2O5. The van der Waals surface area contributed by atoms with Gasteiger partial charge in [0.2, 0.25) is 11.8 Å². The molecule has 0 bridgehead atoms. The highest BCUT2D eigenvalue weighted by atomic mass is 16.5. The topological polar surface area (TPSA) is 95.9 Å². The number of rotatable bonds is 12. The second kappa shape index (κ2) is 16.2. The molecule has 0 aliphatic heterocycles. The van der Waals surface area contributed by atoms with Crippen molar-refractivity contribution in [3.8, 4) is 0 Å². The molecule has 2 amide bonds. The van der Waals surface area contributed by atoms with E-state index in [0.717, 1.165) is 38.2 Å². The Hall–Kier alpha value is -1.63. The lowest BCUT2D eigenvalue weighted by atomic mass is 10.1. The maximum atomic E-state index is 11.8. The van der Waals surface area contributed by atoms with Crippen LogP contribution in [-0.4, -0.2) is 60.1 Å². The van der Waals surface area contributed by atoms with Gasteiger partial charge in [-0.2, -0.15) is 0 Å². The first-order valence-corrected chi connectivity index (χ1v) is 10.7. The first-order valence-electron chi connectivity index (χ1n) is 10.7. The van der Waals surface area contributed by atoms with Crippen molar-refractivity contribution < 1.29 is 25.7 Å². The SMILES string of the molecule is CC(C)CCOC(C)(C)C.CCCCCC(=O)N(C)C(CCC(=O)NC)C(=O)O.[HH]. The fraction of sp³-hybridized carbons (Fsp3) is 0.864. The number of carboxylic acids is 1. The summed E-state index contributed by atoms with van der Waals surface area (Å²) in [6.07, 6.45) is 4.48. The van der Waals surface area contributed by atoms with Crippen LogP contribution >= 0.6 is 0 Å². The molecule has 7 nitrogen and oxygen atoms in total. The molecule has 0 aromatic heterocycles. The Morgan fingerprint density at radius 1 is 1.10 bits per heavy atom. The summed E-state index contributed by atoms with van der Waals surface area (Å²) in [5, 5.41) is 11.6. The van der Waals surface area contributed by atoms with Crippen molar-refractivity contribution in [2.45, 2.75) is 98.1 Å². The Morgan fingerprint density at radius 3 is 2.10 bits per heavy atom. The molecule has 7 heteroatoms. The third kappa shape index (κ3) is 18.2. The zero-order valence-corrected chi connectivity index (χ0v) is 19.8. The lowest BCUT2D eigenvalue weighted by molar-refractivity contribution is -0.149. The standard InChI is InChI=1S/C13H24N2O4.C9H20O.H2/c1-4-5-6-7-12(17)15(3)10(13(18)19)8-9-11(16)14-2;1-8(2)6-7-10-9(3,4)5;/h10H,4-9H2,1-3H3,(H,14,16)(H,18,19);8H,6-7H2,1-5H3;1H. The highest BCUT2D eigenvalue weighted by Gasteiger charge is 2.26. The van der Waals surface area contributed by atoms with E-state index in [9.17, 15) is 14.4 Å². The quantitative estimate of drug-likeness (QED) is 0.465. The van der Waals surface area contributed by atoms with Gasteiger partial charge in [0.05, 0.1) is 5.60 Å². The summed E-state index contributed by atoms with van der Waals surface area (Å²) >= 11 is 0. The van der Waals surface area contributed by atoms with Gasteiger partial charge in [0.1, 0.15) is 6.04 Å². The molecule has 0 spiro atoms. The number of carbonyl (C=O) groups is 3. The smallest absolute Gasteiger partial charge is 0.326 e. The Bertz CT molecular complexity index is 479. The fourth-order valence-corrected chi connectivity index (χ4v) is 2.35. The molecule has 29 heavy (non-hydrogen) atoms. The maximum absolute atomic E-state index is 11.8. The van der Waals surface area contributed by atoms with E-state index in [1.54, 1.807) is 0 Å². The number of aliphatic carboxylic acids is 1. The lowest BCUT2D eigenvalue weighted by Gasteiger charge is -2.24. The second-order valence-electron chi connectivity index (χ2n) is 8.67. The second-order valence-corrected chi connectivity index (χ2v) is 8.67. The number of nitrogens with one attached hydrogen (secondary N) is 1. The minimum atomic E-state index is -1.07. The number of ether oxygens (including phenoxy) is 1. The molecule has 0 saturated carbocycles. The molecule has 174 valence electrons. The number of unbranched alkanes of at least 4 members (excludes halogenated alkanes) is 2. The van der Waals surface area contributed by atoms with E-state index >= 15 is 0 Å². The van der Waals surface area contributed by atoms with Gasteiger partial charge < -0.3 is 20.1 Å². The summed E-state index contributed by atoms with van der Waals surface area (Å²) in [6.45, 7) is 13.6. The zero-order chi connectivity index (χ0) is 23.0. The Balaban J connectivity index is -0.000000563. The number of carboxylic acid groups (broad SMARTS) is 1. The van der Waals surface area contributed by atoms with Gasteiger partial charge in [-0.15, -0.1) is 0 Å². The Morgan fingerprint density at radius 2 is 1.69 bits per heavy atom. The van der Waals surface area contributed by atoms with Gasteiger partial charge >= 0.3 is 5.97 Å². The van der Waals surface area contributed by atoms with E-state index in [4.69, 9.17) is 9.84 Å². The maximum Gasteiger partial charge on any atom is 0.326 e. The summed E-state index contributed by atoms with van der Waals surface area (Å²) in [4.78, 5) is 35.4. The summed E-state index contributed by atoms with van der Waals surface area (Å²) in [5.41, 5.74) is 0.0366. The van der Waals surface area contributed by atoms with Crippen LogP contribution in [0.1, 0.15) is 87.9 Å². The molecule has 1 atom stereocenters. The van der Waals surface area contributed by atoms with Crippen LogP contribution in [0.2, 0.25) is 0 Å². The van der Waals surface area contributed by atoms with Gasteiger partial charge in [-0.05, 0) is 46.0 Å². The van der Waals surface area contributed by atoms with Gasteiger partial charge in [0.15, 0.2) is 0 Å². The van der Waals surface area contributed by atoms with E-state index in [2.05, 4.69) is 39.9 Å². The largest absolute Gasteiger partial charge is 0.480 e. The van der Waals surface area contributed by atoms with E-state index in [-0.39, 0.29) is 31.7 Å². The average Bonchev–Trinajstić information content (AvgIpc) is 2.60. The number of hydrogen-bond donors (Lipinski definition) is 2. The van der Waals surface area contributed by atoms with E-state index in [0.29, 0.717) is 6.42 Å². The van der Waals surface area contributed by atoms with Crippen molar-refractivity contribution in [2.24, 2.45) is 5.92 Å². The van der Waals surface area contributed by atoms with Gasteiger partial charge in [-0.25, -0.2) is 4.79 Å². The van der Waals surface area contributed by atoms with E-state index in [1.807, 2.05) is 6.92 Å². The van der Waals surface area contributed by atoms with Crippen molar-refractivity contribution in [1.82, 2.24) is 10.2 Å². The predicted molar refractivity (Wildman–Crippen MR) is 119 cm³/mol. The predicted octanol–water partition coefficient (Wildman–Crippen LogP) is 4.10. The van der Waals surface area contributed by atoms with Gasteiger partial charge in [0.25, 0.3) is 0 Å². The van der Waals surface area contributed by atoms with Crippen LogP contribution in [-0.2, 0) is 19.1 Å². The van der Waals surface area contributed by atoms with Crippen molar-refractivity contribution in [1.29, 1.82) is 0 Å². The summed E-state index contributed by atoms with van der Waals surface area (Å²) in [7, 11) is 2.98. The number of carbonyl (C=O) groups excluding carboxylic acids is 2. The van der Waals surface area contributed by atoms with E-state index < -0.39 is 12.0 Å². The van der Waals surface area contributed by atoms with Crippen LogP contribution in [0.25, 0.3) is 0 Å². The molecule has 0 radical (unpaired) electrons. The minimum Gasteiger partial charge on any atom is -0.480 e. The highest BCUT2D eigenvalue weighted by molar-refractivity contribution is 5.84. The van der Waals surface area contributed by atoms with Crippen molar-refractivity contribution in [3.05, 3.63) is 0 Å². The molecule has 0 aliphatic carbocycles. The number of likely N-dealkylation sites (N-methyl/N-ethyl adjacent to an activating group) is 1. The monoisotopic (exact) mass is 418 g/mol. The van der Waals surface area contributed by atoms with Gasteiger partial charge in [-0.1, -0.05) is 33.6 Å². The first-order chi connectivity index (χ1) is 13.4. The molecule has 0 fully saturated rings. The molecule has 0 saturated heterocycles. The summed E-state index contributed by atoms with van der Waals surface area (Å²) in [5.74, 6) is -0.728. The molecule has 2 N–H and O–H groups in total. The third-order valence-electron chi connectivity index (χ3n) is 4.29. The van der Waals surface area contributed by atoms with Crippen LogP contribution in [0.15, 0.2) is 0 Å². The van der Waals surface area contributed by atoms with Crippen molar-refractivity contribution in [3.63, 3.8) is 0 Å². The molecule has 0 aromatic carbocycles. The minimum absolute atomic E-state index is 0. The van der Waals surface area contributed by atoms with Crippen LogP contribution in [0.4, 0.5) is 0 Å². The molecule has 0 aromatic rings. The molecule has 1 unspecified atom stereocenters. The normalized spacial score (nSPS) is 12.0. The molecule has 0 aliphatic rings. The highest BCUT2D eigenvalue weighted by Crippen LogP contribution is 2.10. The fourth-order valence-electron chi connectivity index (χ4n) is 2.35. The van der Waals surface area contributed by atoms with Crippen molar-refractivity contribution >= 4 is 17.8 Å². The van der Waals surface area contributed by atoms with Crippen LogP contribution < -0.4 is 5.32 Å².